The summed E-state index contributed by atoms with van der Waals surface area (Å²) < 4.78 is 4.56. The summed E-state index contributed by atoms with van der Waals surface area (Å²) in [7, 11) is 0. The molecule has 4 heteroatoms. The van der Waals surface area contributed by atoms with E-state index in [0.717, 1.165) is 11.0 Å². The molecule has 1 aliphatic carbocycles. The van der Waals surface area contributed by atoms with Crippen LogP contribution in [0.4, 0.5) is 5.13 Å². The third kappa shape index (κ3) is 4.23. The third-order valence-electron chi connectivity index (χ3n) is 3.39. The molecule has 0 aromatic carbocycles. The van der Waals surface area contributed by atoms with E-state index in [1.54, 1.807) is 0 Å². The summed E-state index contributed by atoms with van der Waals surface area (Å²) in [5, 5.41) is 4.39. The lowest BCUT2D eigenvalue weighted by molar-refractivity contribution is 0.445. The average molecular weight is 267 g/mol. The number of rotatable bonds is 2. The lowest BCUT2D eigenvalue weighted by Gasteiger charge is -2.19. The Morgan fingerprint density at radius 3 is 2.28 bits per heavy atom. The molecular formula is C14H25N3S. The van der Waals surface area contributed by atoms with Crippen LogP contribution in [0.2, 0.25) is 0 Å². The molecule has 3 nitrogen and oxygen atoms in total. The molecule has 1 aromatic heterocycles. The number of aromatic nitrogens is 2. The van der Waals surface area contributed by atoms with Gasteiger partial charge in [-0.2, -0.15) is 4.37 Å². The lowest BCUT2D eigenvalue weighted by atomic mass is 9.91. The first kappa shape index (κ1) is 13.8. The maximum Gasteiger partial charge on any atom is 0.202 e. The van der Waals surface area contributed by atoms with E-state index in [4.69, 9.17) is 0 Å². The van der Waals surface area contributed by atoms with Crippen LogP contribution in [0.25, 0.3) is 0 Å². The number of hydrogen-bond acceptors (Lipinski definition) is 4. The molecule has 0 radical (unpaired) electrons. The number of hydrogen-bond donors (Lipinski definition) is 1. The van der Waals surface area contributed by atoms with Crippen LogP contribution in [-0.4, -0.2) is 14.9 Å². The molecule has 0 unspecified atom stereocenters. The van der Waals surface area contributed by atoms with Gasteiger partial charge in [-0.1, -0.05) is 32.1 Å². The van der Waals surface area contributed by atoms with Gasteiger partial charge in [0, 0.05) is 23.0 Å². The smallest absolute Gasteiger partial charge is 0.202 e. The van der Waals surface area contributed by atoms with Crippen molar-refractivity contribution in [3.8, 4) is 0 Å². The number of nitrogens with zero attached hydrogens (tertiary/aromatic N) is 2. The molecule has 0 bridgehead atoms. The number of anilines is 1. The molecule has 0 amide bonds. The van der Waals surface area contributed by atoms with Crippen LogP contribution in [0.1, 0.15) is 77.5 Å². The lowest BCUT2D eigenvalue weighted by Crippen LogP contribution is -2.25. The van der Waals surface area contributed by atoms with Crippen molar-refractivity contribution in [2.24, 2.45) is 0 Å². The topological polar surface area (TPSA) is 37.8 Å². The molecule has 18 heavy (non-hydrogen) atoms. The Kier molecular flexibility index (Phi) is 4.60. The minimum absolute atomic E-state index is 0.0672. The van der Waals surface area contributed by atoms with Crippen molar-refractivity contribution >= 4 is 16.7 Å². The maximum absolute atomic E-state index is 4.69. The van der Waals surface area contributed by atoms with Gasteiger partial charge in [0.15, 0.2) is 0 Å². The Labute approximate surface area is 115 Å². The van der Waals surface area contributed by atoms with Crippen LogP contribution in [0.3, 0.4) is 0 Å². The van der Waals surface area contributed by atoms with E-state index in [1.807, 2.05) is 0 Å². The summed E-state index contributed by atoms with van der Waals surface area (Å²) in [5.41, 5.74) is 0.0672. The standard InChI is InChI=1S/C14H25N3S/c1-14(2,3)16-13-15-12(17-18-13)11-9-7-5-4-6-8-10-11/h11H,4-10H2,1-3H3,(H,15,16,17). The quantitative estimate of drug-likeness (QED) is 0.852. The molecule has 1 N–H and O–H groups in total. The van der Waals surface area contributed by atoms with E-state index in [-0.39, 0.29) is 5.54 Å². The van der Waals surface area contributed by atoms with Gasteiger partial charge < -0.3 is 5.32 Å². The zero-order valence-corrected chi connectivity index (χ0v) is 12.6. The van der Waals surface area contributed by atoms with E-state index in [9.17, 15) is 0 Å². The predicted octanol–water partition coefficient (Wildman–Crippen LogP) is 4.58. The Hall–Kier alpha value is -0.640. The molecule has 0 aliphatic heterocycles. The van der Waals surface area contributed by atoms with Crippen molar-refractivity contribution < 1.29 is 0 Å². The van der Waals surface area contributed by atoms with Crippen molar-refractivity contribution in [2.75, 3.05) is 5.32 Å². The largest absolute Gasteiger partial charge is 0.356 e. The minimum atomic E-state index is 0.0672. The molecule has 1 saturated carbocycles. The maximum atomic E-state index is 4.69. The van der Waals surface area contributed by atoms with Crippen molar-refractivity contribution in [3.05, 3.63) is 5.82 Å². The summed E-state index contributed by atoms with van der Waals surface area (Å²) >= 11 is 1.51. The highest BCUT2D eigenvalue weighted by Gasteiger charge is 2.19. The zero-order valence-electron chi connectivity index (χ0n) is 11.8. The summed E-state index contributed by atoms with van der Waals surface area (Å²) in [6.07, 6.45) is 9.39. The summed E-state index contributed by atoms with van der Waals surface area (Å²) in [4.78, 5) is 4.69. The molecule has 0 saturated heterocycles. The van der Waals surface area contributed by atoms with Crippen molar-refractivity contribution in [3.63, 3.8) is 0 Å². The van der Waals surface area contributed by atoms with Gasteiger partial charge in [0.05, 0.1) is 0 Å². The van der Waals surface area contributed by atoms with Crippen LogP contribution in [0.15, 0.2) is 0 Å². The van der Waals surface area contributed by atoms with Crippen molar-refractivity contribution in [2.45, 2.75) is 77.2 Å². The van der Waals surface area contributed by atoms with Crippen LogP contribution >= 0.6 is 11.5 Å². The molecule has 1 heterocycles. The first-order valence-corrected chi connectivity index (χ1v) is 7.94. The van der Waals surface area contributed by atoms with Gasteiger partial charge in [0.25, 0.3) is 0 Å². The van der Waals surface area contributed by atoms with E-state index in [0.29, 0.717) is 5.92 Å². The Bertz CT molecular complexity index is 359. The summed E-state index contributed by atoms with van der Waals surface area (Å²) in [6, 6.07) is 0. The zero-order chi connectivity index (χ0) is 13.0. The van der Waals surface area contributed by atoms with Gasteiger partial charge in [-0.15, -0.1) is 0 Å². The highest BCUT2D eigenvalue weighted by molar-refractivity contribution is 7.09. The van der Waals surface area contributed by atoms with Crippen molar-refractivity contribution in [1.29, 1.82) is 0 Å². The highest BCUT2D eigenvalue weighted by atomic mass is 32.1. The fourth-order valence-corrected chi connectivity index (χ4v) is 3.34. The second-order valence-electron chi connectivity index (χ2n) is 6.37. The molecule has 2 rings (SSSR count). The molecule has 1 aromatic rings. The first-order chi connectivity index (χ1) is 8.54. The van der Waals surface area contributed by atoms with Gasteiger partial charge >= 0.3 is 0 Å². The van der Waals surface area contributed by atoms with Crippen LogP contribution < -0.4 is 5.32 Å². The van der Waals surface area contributed by atoms with Crippen LogP contribution in [0.5, 0.6) is 0 Å². The van der Waals surface area contributed by atoms with E-state index < -0.39 is 0 Å². The third-order valence-corrected chi connectivity index (χ3v) is 4.04. The molecule has 1 aliphatic rings. The van der Waals surface area contributed by atoms with Gasteiger partial charge in [-0.25, -0.2) is 4.98 Å². The van der Waals surface area contributed by atoms with Crippen molar-refractivity contribution in [1.82, 2.24) is 9.36 Å². The number of nitrogens with one attached hydrogen (secondary N) is 1. The molecule has 1 fully saturated rings. The van der Waals surface area contributed by atoms with Gasteiger partial charge in [0.1, 0.15) is 5.82 Å². The molecule has 0 atom stereocenters. The van der Waals surface area contributed by atoms with Crippen LogP contribution in [0, 0.1) is 0 Å². The second-order valence-corrected chi connectivity index (χ2v) is 7.13. The van der Waals surface area contributed by atoms with Gasteiger partial charge in [0.2, 0.25) is 5.13 Å². The fourth-order valence-electron chi connectivity index (χ4n) is 2.49. The Morgan fingerprint density at radius 1 is 1.06 bits per heavy atom. The van der Waals surface area contributed by atoms with Crippen LogP contribution in [-0.2, 0) is 0 Å². The normalized spacial score (nSPS) is 19.3. The fraction of sp³-hybridized carbons (Fsp3) is 0.857. The first-order valence-electron chi connectivity index (χ1n) is 7.16. The Morgan fingerprint density at radius 2 is 1.67 bits per heavy atom. The molecule has 102 valence electrons. The Balaban J connectivity index is 1.99. The second kappa shape index (κ2) is 6.00. The highest BCUT2D eigenvalue weighted by Crippen LogP contribution is 2.31. The summed E-state index contributed by atoms with van der Waals surface area (Å²) in [5.74, 6) is 1.67. The van der Waals surface area contributed by atoms with E-state index in [2.05, 4.69) is 35.4 Å². The molecular weight excluding hydrogens is 242 g/mol. The SMILES string of the molecule is CC(C)(C)Nc1nc(C2CCCCCCC2)ns1. The van der Waals surface area contributed by atoms with E-state index in [1.165, 1.54) is 56.5 Å². The predicted molar refractivity (Wildman–Crippen MR) is 78.3 cm³/mol. The van der Waals surface area contributed by atoms with Gasteiger partial charge in [-0.3, -0.25) is 0 Å². The van der Waals surface area contributed by atoms with E-state index >= 15 is 0 Å². The molecule has 0 spiro atoms. The van der Waals surface area contributed by atoms with Gasteiger partial charge in [-0.05, 0) is 33.6 Å². The average Bonchev–Trinajstić information content (AvgIpc) is 2.62. The minimum Gasteiger partial charge on any atom is -0.356 e. The summed E-state index contributed by atoms with van der Waals surface area (Å²) in [6.45, 7) is 6.47. The monoisotopic (exact) mass is 267 g/mol.